The summed E-state index contributed by atoms with van der Waals surface area (Å²) in [6.07, 6.45) is 0. The van der Waals surface area contributed by atoms with Crippen LogP contribution in [0.4, 0.5) is 0 Å². The molecule has 2 rings (SSSR count). The first-order valence-electron chi connectivity index (χ1n) is 9.97. The van der Waals surface area contributed by atoms with Gasteiger partial charge in [-0.15, -0.1) is 0 Å². The number of sulfonamides is 1. The van der Waals surface area contributed by atoms with Gasteiger partial charge in [0.15, 0.2) is 5.96 Å². The van der Waals surface area contributed by atoms with Crippen molar-refractivity contribution in [2.45, 2.75) is 37.2 Å². The first-order valence-corrected chi connectivity index (χ1v) is 11.5. The summed E-state index contributed by atoms with van der Waals surface area (Å²) in [7, 11) is -0.315. The maximum atomic E-state index is 12.4. The fourth-order valence-corrected chi connectivity index (χ4v) is 4.03. The minimum atomic E-state index is -3.56. The predicted octanol–water partition coefficient (Wildman–Crippen LogP) is 2.47. The highest BCUT2D eigenvalue weighted by Gasteiger charge is 2.16. The molecule has 0 amide bonds. The molecule has 2 atom stereocenters. The number of rotatable bonds is 10. The Hall–Kier alpha value is -2.42. The molecular weight excluding hydrogens is 400 g/mol. The molecule has 8 heteroatoms. The van der Waals surface area contributed by atoms with Gasteiger partial charge >= 0.3 is 0 Å². The van der Waals surface area contributed by atoms with Crippen LogP contribution in [0.3, 0.4) is 0 Å². The van der Waals surface area contributed by atoms with Crippen LogP contribution >= 0.6 is 0 Å². The second-order valence-corrected chi connectivity index (χ2v) is 8.86. The van der Waals surface area contributed by atoms with Crippen molar-refractivity contribution in [1.29, 1.82) is 0 Å². The number of hydrogen-bond acceptors (Lipinski definition) is 4. The predicted molar refractivity (Wildman–Crippen MR) is 121 cm³/mol. The van der Waals surface area contributed by atoms with Crippen molar-refractivity contribution in [2.24, 2.45) is 4.99 Å². The molecule has 0 aliphatic rings. The van der Waals surface area contributed by atoms with Gasteiger partial charge in [-0.25, -0.2) is 13.1 Å². The Bertz CT molecular complexity index is 917. The maximum Gasteiger partial charge on any atom is 0.240 e. The lowest BCUT2D eigenvalue weighted by molar-refractivity contribution is 0.204. The van der Waals surface area contributed by atoms with Crippen molar-refractivity contribution < 1.29 is 13.2 Å². The van der Waals surface area contributed by atoms with Gasteiger partial charge in [-0.1, -0.05) is 49.4 Å². The molecule has 2 unspecified atom stereocenters. The Morgan fingerprint density at radius 2 is 1.83 bits per heavy atom. The molecule has 2 aromatic carbocycles. The smallest absolute Gasteiger partial charge is 0.240 e. The van der Waals surface area contributed by atoms with Gasteiger partial charge in [0.25, 0.3) is 0 Å². The van der Waals surface area contributed by atoms with E-state index in [1.54, 1.807) is 25.2 Å². The number of guanidine groups is 1. The van der Waals surface area contributed by atoms with Gasteiger partial charge in [-0.05, 0) is 30.2 Å². The minimum Gasteiger partial charge on any atom is -0.383 e. The topological polar surface area (TPSA) is 91.8 Å². The lowest BCUT2D eigenvalue weighted by Gasteiger charge is -2.24. The van der Waals surface area contributed by atoms with E-state index < -0.39 is 10.0 Å². The van der Waals surface area contributed by atoms with E-state index in [4.69, 9.17) is 4.74 Å². The van der Waals surface area contributed by atoms with Crippen molar-refractivity contribution in [2.75, 3.05) is 27.3 Å². The van der Waals surface area contributed by atoms with E-state index in [1.165, 1.54) is 12.7 Å². The standard InChI is InChI=1S/C22H32N4O3S/c1-17(20-10-6-5-7-11-20)18(2)26-22(23-3)24-16-19-9-8-12-21(15-19)30(27,28)25-13-14-29-4/h5-12,15,17-18,25H,13-14,16H2,1-4H3,(H2,23,24,26). The summed E-state index contributed by atoms with van der Waals surface area (Å²) in [5.41, 5.74) is 2.10. The highest BCUT2D eigenvalue weighted by Crippen LogP contribution is 2.18. The van der Waals surface area contributed by atoms with E-state index in [-0.39, 0.29) is 17.5 Å². The monoisotopic (exact) mass is 432 g/mol. The highest BCUT2D eigenvalue weighted by atomic mass is 32.2. The molecule has 0 saturated carbocycles. The summed E-state index contributed by atoms with van der Waals surface area (Å²) in [4.78, 5) is 4.52. The Balaban J connectivity index is 1.96. The summed E-state index contributed by atoms with van der Waals surface area (Å²) in [6, 6.07) is 17.3. The van der Waals surface area contributed by atoms with Crippen molar-refractivity contribution in [3.8, 4) is 0 Å². The third kappa shape index (κ3) is 7.12. The van der Waals surface area contributed by atoms with E-state index in [2.05, 4.69) is 46.3 Å². The van der Waals surface area contributed by atoms with Gasteiger partial charge in [-0.3, -0.25) is 4.99 Å². The second kappa shape index (κ2) is 11.7. The first-order chi connectivity index (χ1) is 14.4. The Labute approximate surface area is 180 Å². The van der Waals surface area contributed by atoms with Crippen LogP contribution in [-0.4, -0.2) is 47.7 Å². The van der Waals surface area contributed by atoms with Crippen LogP contribution in [-0.2, 0) is 21.3 Å². The van der Waals surface area contributed by atoms with Gasteiger partial charge in [0, 0.05) is 39.2 Å². The first kappa shape index (κ1) is 23.9. The Kier molecular flexibility index (Phi) is 9.29. The van der Waals surface area contributed by atoms with Crippen molar-refractivity contribution >= 4 is 16.0 Å². The van der Waals surface area contributed by atoms with Gasteiger partial charge in [0.2, 0.25) is 10.0 Å². The van der Waals surface area contributed by atoms with Crippen LogP contribution in [0.25, 0.3) is 0 Å². The molecule has 0 saturated heterocycles. The molecule has 0 aliphatic heterocycles. The summed E-state index contributed by atoms with van der Waals surface area (Å²) in [5, 5.41) is 6.67. The van der Waals surface area contributed by atoms with Crippen LogP contribution in [0.1, 0.15) is 30.9 Å². The molecule has 0 aromatic heterocycles. The number of ether oxygens (including phenoxy) is 1. The number of hydrogen-bond donors (Lipinski definition) is 3. The zero-order valence-electron chi connectivity index (χ0n) is 18.1. The van der Waals surface area contributed by atoms with Gasteiger partial charge in [-0.2, -0.15) is 0 Å². The second-order valence-electron chi connectivity index (χ2n) is 7.10. The zero-order chi connectivity index (χ0) is 22.0. The molecule has 30 heavy (non-hydrogen) atoms. The van der Waals surface area contributed by atoms with E-state index in [0.717, 1.165) is 5.56 Å². The number of aliphatic imine (C=N–C) groups is 1. The molecule has 0 spiro atoms. The third-order valence-electron chi connectivity index (χ3n) is 4.93. The van der Waals surface area contributed by atoms with Crippen molar-refractivity contribution in [3.63, 3.8) is 0 Å². The number of nitrogens with zero attached hydrogens (tertiary/aromatic N) is 1. The Morgan fingerprint density at radius 1 is 1.10 bits per heavy atom. The molecule has 164 valence electrons. The molecule has 2 aromatic rings. The van der Waals surface area contributed by atoms with E-state index in [0.29, 0.717) is 25.0 Å². The number of nitrogens with one attached hydrogen (secondary N) is 3. The maximum absolute atomic E-state index is 12.4. The summed E-state index contributed by atoms with van der Waals surface area (Å²) in [6.45, 7) is 5.29. The lowest BCUT2D eigenvalue weighted by Crippen LogP contribution is -2.43. The molecule has 3 N–H and O–H groups in total. The number of benzene rings is 2. The molecule has 0 heterocycles. The normalized spacial score (nSPS) is 14.2. The third-order valence-corrected chi connectivity index (χ3v) is 6.39. The summed E-state index contributed by atoms with van der Waals surface area (Å²) in [5.74, 6) is 0.966. The van der Waals surface area contributed by atoms with E-state index in [1.807, 2.05) is 24.3 Å². The van der Waals surface area contributed by atoms with E-state index in [9.17, 15) is 8.42 Å². The van der Waals surface area contributed by atoms with Crippen molar-refractivity contribution in [3.05, 3.63) is 65.7 Å². The van der Waals surface area contributed by atoms with Crippen molar-refractivity contribution in [1.82, 2.24) is 15.4 Å². The molecular formula is C22H32N4O3S. The Morgan fingerprint density at radius 3 is 2.50 bits per heavy atom. The van der Waals surface area contributed by atoms with Crippen LogP contribution in [0.15, 0.2) is 64.5 Å². The summed E-state index contributed by atoms with van der Waals surface area (Å²) >= 11 is 0. The number of methoxy groups -OCH3 is 1. The van der Waals surface area contributed by atoms with Crippen LogP contribution < -0.4 is 15.4 Å². The average molecular weight is 433 g/mol. The highest BCUT2D eigenvalue weighted by molar-refractivity contribution is 7.89. The molecule has 0 radical (unpaired) electrons. The van der Waals surface area contributed by atoms with Crippen LogP contribution in [0.2, 0.25) is 0 Å². The average Bonchev–Trinajstić information content (AvgIpc) is 2.76. The molecule has 0 fully saturated rings. The molecule has 0 aliphatic carbocycles. The van der Waals surface area contributed by atoms with Gasteiger partial charge in [0.05, 0.1) is 11.5 Å². The SMILES string of the molecule is CN=C(NCc1cccc(S(=O)(=O)NCCOC)c1)NC(C)C(C)c1ccccc1. The molecule has 7 nitrogen and oxygen atoms in total. The summed E-state index contributed by atoms with van der Waals surface area (Å²) < 4.78 is 32.2. The molecule has 0 bridgehead atoms. The largest absolute Gasteiger partial charge is 0.383 e. The fraction of sp³-hybridized carbons (Fsp3) is 0.409. The quantitative estimate of drug-likeness (QED) is 0.305. The fourth-order valence-electron chi connectivity index (χ4n) is 2.95. The van der Waals surface area contributed by atoms with Crippen LogP contribution in [0.5, 0.6) is 0 Å². The van der Waals surface area contributed by atoms with E-state index >= 15 is 0 Å². The van der Waals surface area contributed by atoms with Crippen LogP contribution in [0, 0.1) is 0 Å². The minimum absolute atomic E-state index is 0.162. The van der Waals surface area contributed by atoms with Gasteiger partial charge < -0.3 is 15.4 Å². The van der Waals surface area contributed by atoms with Gasteiger partial charge in [0.1, 0.15) is 0 Å². The lowest BCUT2D eigenvalue weighted by atomic mass is 9.94. The zero-order valence-corrected chi connectivity index (χ0v) is 18.9.